The first-order valence-corrected chi connectivity index (χ1v) is 7.96. The van der Waals surface area contributed by atoms with Crippen LogP contribution in [-0.2, 0) is 7.05 Å². The molecule has 0 spiro atoms. The molecule has 0 bridgehead atoms. The smallest absolute Gasteiger partial charge is 0.135 e. The zero-order chi connectivity index (χ0) is 16.2. The molecule has 0 saturated heterocycles. The summed E-state index contributed by atoms with van der Waals surface area (Å²) in [6, 6.07) is 11.7. The molecule has 0 aliphatic rings. The molecule has 118 valence electrons. The van der Waals surface area contributed by atoms with Crippen LogP contribution in [-0.4, -0.2) is 21.6 Å². The second kappa shape index (κ2) is 6.83. The number of aromatic nitrogens is 3. The van der Waals surface area contributed by atoms with Crippen LogP contribution in [0.3, 0.4) is 0 Å². The van der Waals surface area contributed by atoms with Crippen LogP contribution in [0.2, 0.25) is 0 Å². The highest BCUT2D eigenvalue weighted by Gasteiger charge is 2.18. The van der Waals surface area contributed by atoms with Crippen molar-refractivity contribution in [3.63, 3.8) is 0 Å². The molecular formula is C17H17BrN4O. The minimum Gasteiger partial charge on any atom is -0.497 e. The van der Waals surface area contributed by atoms with Gasteiger partial charge >= 0.3 is 0 Å². The van der Waals surface area contributed by atoms with E-state index in [9.17, 15) is 0 Å². The summed E-state index contributed by atoms with van der Waals surface area (Å²) in [6.07, 6.45) is 5.50. The van der Waals surface area contributed by atoms with Gasteiger partial charge in [-0.3, -0.25) is 0 Å². The number of hydrogen-bond acceptors (Lipinski definition) is 4. The Bertz CT molecular complexity index is 768. The molecule has 5 nitrogen and oxygen atoms in total. The molecule has 3 aromatic rings. The average molecular weight is 373 g/mol. The zero-order valence-corrected chi connectivity index (χ0v) is 14.5. The second-order valence-electron chi connectivity index (χ2n) is 5.11. The van der Waals surface area contributed by atoms with E-state index in [-0.39, 0.29) is 6.04 Å². The topological polar surface area (TPSA) is 52.0 Å². The largest absolute Gasteiger partial charge is 0.497 e. The molecule has 2 heterocycles. The van der Waals surface area contributed by atoms with Gasteiger partial charge in [0.05, 0.1) is 7.11 Å². The Hall–Kier alpha value is -2.34. The van der Waals surface area contributed by atoms with Crippen LogP contribution in [0.15, 0.2) is 59.5 Å². The quantitative estimate of drug-likeness (QED) is 0.740. The van der Waals surface area contributed by atoms with Crippen molar-refractivity contribution >= 4 is 21.7 Å². The third kappa shape index (κ3) is 3.53. The molecular weight excluding hydrogens is 356 g/mol. The van der Waals surface area contributed by atoms with Crippen LogP contribution in [0.1, 0.15) is 17.4 Å². The average Bonchev–Trinajstić information content (AvgIpc) is 3.00. The Balaban J connectivity index is 1.96. The summed E-state index contributed by atoms with van der Waals surface area (Å²) >= 11 is 3.40. The molecule has 23 heavy (non-hydrogen) atoms. The number of imidazole rings is 1. The number of ether oxygens (including phenoxy) is 1. The molecule has 1 aromatic carbocycles. The van der Waals surface area contributed by atoms with E-state index in [0.717, 1.165) is 27.4 Å². The number of nitrogens with zero attached hydrogens (tertiary/aromatic N) is 3. The maximum absolute atomic E-state index is 5.24. The van der Waals surface area contributed by atoms with Crippen molar-refractivity contribution < 1.29 is 4.74 Å². The number of nitrogens with one attached hydrogen (secondary N) is 1. The van der Waals surface area contributed by atoms with E-state index in [1.54, 1.807) is 19.5 Å². The highest BCUT2D eigenvalue weighted by atomic mass is 79.9. The number of benzene rings is 1. The lowest BCUT2D eigenvalue weighted by Crippen LogP contribution is -2.17. The molecule has 0 aliphatic heterocycles. The third-order valence-electron chi connectivity index (χ3n) is 3.59. The summed E-state index contributed by atoms with van der Waals surface area (Å²) in [4.78, 5) is 8.88. The number of methoxy groups -OCH3 is 1. The van der Waals surface area contributed by atoms with Crippen LogP contribution in [0, 0.1) is 0 Å². The van der Waals surface area contributed by atoms with E-state index >= 15 is 0 Å². The van der Waals surface area contributed by atoms with E-state index in [4.69, 9.17) is 4.74 Å². The van der Waals surface area contributed by atoms with E-state index in [0.29, 0.717) is 0 Å². The van der Waals surface area contributed by atoms with Crippen molar-refractivity contribution in [3.8, 4) is 5.75 Å². The fourth-order valence-corrected chi connectivity index (χ4v) is 2.59. The van der Waals surface area contributed by atoms with Gasteiger partial charge in [0.15, 0.2) is 0 Å². The lowest BCUT2D eigenvalue weighted by atomic mass is 10.1. The van der Waals surface area contributed by atoms with Gasteiger partial charge in [-0.15, -0.1) is 0 Å². The zero-order valence-electron chi connectivity index (χ0n) is 12.9. The van der Waals surface area contributed by atoms with Crippen LogP contribution < -0.4 is 10.1 Å². The summed E-state index contributed by atoms with van der Waals surface area (Å²) in [7, 11) is 3.64. The molecule has 0 aliphatic carbocycles. The minimum absolute atomic E-state index is 0.102. The molecule has 0 fully saturated rings. The maximum atomic E-state index is 5.24. The van der Waals surface area contributed by atoms with E-state index in [1.165, 1.54) is 0 Å². The van der Waals surface area contributed by atoms with Crippen LogP contribution >= 0.6 is 15.9 Å². The van der Waals surface area contributed by atoms with Crippen molar-refractivity contribution in [1.82, 2.24) is 14.5 Å². The molecule has 1 unspecified atom stereocenters. The van der Waals surface area contributed by atoms with Crippen LogP contribution in [0.4, 0.5) is 5.82 Å². The molecule has 1 N–H and O–H groups in total. The molecule has 6 heteroatoms. The van der Waals surface area contributed by atoms with Gasteiger partial charge in [0.1, 0.15) is 23.4 Å². The van der Waals surface area contributed by atoms with E-state index < -0.39 is 0 Å². The first-order chi connectivity index (χ1) is 11.2. The molecule has 0 amide bonds. The van der Waals surface area contributed by atoms with Crippen LogP contribution in [0.25, 0.3) is 0 Å². The van der Waals surface area contributed by atoms with Gasteiger partial charge in [-0.1, -0.05) is 12.1 Å². The SMILES string of the molecule is COc1ccc(C(Nc2ccc(Br)cn2)c2nccn2C)cc1. The lowest BCUT2D eigenvalue weighted by molar-refractivity contribution is 0.414. The molecule has 0 radical (unpaired) electrons. The number of anilines is 1. The fourth-order valence-electron chi connectivity index (χ4n) is 2.36. The summed E-state index contributed by atoms with van der Waals surface area (Å²) in [5, 5.41) is 3.45. The second-order valence-corrected chi connectivity index (χ2v) is 6.02. The lowest BCUT2D eigenvalue weighted by Gasteiger charge is -2.20. The van der Waals surface area contributed by atoms with Gasteiger partial charge < -0.3 is 14.6 Å². The first-order valence-electron chi connectivity index (χ1n) is 7.16. The minimum atomic E-state index is -0.102. The predicted octanol–water partition coefficient (Wildman–Crippen LogP) is 3.79. The Morgan fingerprint density at radius 2 is 1.91 bits per heavy atom. The van der Waals surface area contributed by atoms with E-state index in [1.807, 2.05) is 54.2 Å². The number of halogens is 1. The van der Waals surface area contributed by atoms with Crippen molar-refractivity contribution in [1.29, 1.82) is 0 Å². The summed E-state index contributed by atoms with van der Waals surface area (Å²) in [6.45, 7) is 0. The first kappa shape index (κ1) is 15.6. The fraction of sp³-hybridized carbons (Fsp3) is 0.176. The Labute approximate surface area is 143 Å². The number of pyridine rings is 1. The highest BCUT2D eigenvalue weighted by molar-refractivity contribution is 9.10. The molecule has 3 rings (SSSR count). The van der Waals surface area contributed by atoms with Gasteiger partial charge in [-0.05, 0) is 45.8 Å². The number of hydrogen-bond donors (Lipinski definition) is 1. The van der Waals surface area contributed by atoms with Gasteiger partial charge in [-0.2, -0.15) is 0 Å². The van der Waals surface area contributed by atoms with E-state index in [2.05, 4.69) is 31.2 Å². The van der Waals surface area contributed by atoms with Gasteiger partial charge in [0.25, 0.3) is 0 Å². The van der Waals surface area contributed by atoms with Crippen LogP contribution in [0.5, 0.6) is 5.75 Å². The van der Waals surface area contributed by atoms with Gasteiger partial charge in [0.2, 0.25) is 0 Å². The Morgan fingerprint density at radius 3 is 2.48 bits per heavy atom. The summed E-state index contributed by atoms with van der Waals surface area (Å²) in [5.74, 6) is 2.53. The molecule has 0 saturated carbocycles. The standard InChI is InChI=1S/C17H17BrN4O/c1-22-10-9-19-17(22)16(12-3-6-14(23-2)7-4-12)21-15-8-5-13(18)11-20-15/h3-11,16H,1-2H3,(H,20,21). The monoisotopic (exact) mass is 372 g/mol. The molecule has 2 aromatic heterocycles. The van der Waals surface area contributed by atoms with Crippen molar-refractivity contribution in [2.45, 2.75) is 6.04 Å². The predicted molar refractivity (Wildman–Crippen MR) is 93.6 cm³/mol. The Morgan fingerprint density at radius 1 is 1.13 bits per heavy atom. The summed E-state index contributed by atoms with van der Waals surface area (Å²) in [5.41, 5.74) is 1.09. The third-order valence-corrected chi connectivity index (χ3v) is 4.05. The molecule has 1 atom stereocenters. The normalized spacial score (nSPS) is 12.0. The summed E-state index contributed by atoms with van der Waals surface area (Å²) < 4.78 is 8.18. The van der Waals surface area contributed by atoms with Crippen molar-refractivity contribution in [3.05, 3.63) is 70.8 Å². The van der Waals surface area contributed by atoms with Crippen molar-refractivity contribution in [2.75, 3.05) is 12.4 Å². The van der Waals surface area contributed by atoms with Crippen molar-refractivity contribution in [2.24, 2.45) is 7.05 Å². The van der Waals surface area contributed by atoms with Gasteiger partial charge in [0, 0.05) is 30.1 Å². The number of rotatable bonds is 5. The number of aryl methyl sites for hydroxylation is 1. The van der Waals surface area contributed by atoms with Gasteiger partial charge in [-0.25, -0.2) is 9.97 Å². The Kier molecular flexibility index (Phi) is 4.62. The highest BCUT2D eigenvalue weighted by Crippen LogP contribution is 2.26. The maximum Gasteiger partial charge on any atom is 0.135 e.